The van der Waals surface area contributed by atoms with Crippen LogP contribution in [0.15, 0.2) is 30.5 Å². The van der Waals surface area contributed by atoms with Gasteiger partial charge in [-0.15, -0.1) is 0 Å². The summed E-state index contributed by atoms with van der Waals surface area (Å²) in [6.45, 7) is 0.265. The van der Waals surface area contributed by atoms with Gasteiger partial charge in [0, 0.05) is 28.2 Å². The average Bonchev–Trinajstić information content (AvgIpc) is 2.52. The van der Waals surface area contributed by atoms with Crippen LogP contribution in [0.1, 0.15) is 11.3 Å². The maximum atomic E-state index is 6.15. The van der Waals surface area contributed by atoms with E-state index in [0.29, 0.717) is 33.3 Å². The third-order valence-electron chi connectivity index (χ3n) is 2.94. The third kappa shape index (κ3) is 3.60. The summed E-state index contributed by atoms with van der Waals surface area (Å²) in [5, 5.41) is 1.28. The van der Waals surface area contributed by atoms with E-state index >= 15 is 0 Å². The fourth-order valence-electron chi connectivity index (χ4n) is 1.90. The zero-order valence-electron chi connectivity index (χ0n) is 11.7. The Balaban J connectivity index is 2.23. The first-order valence-electron chi connectivity index (χ1n) is 6.23. The van der Waals surface area contributed by atoms with Crippen molar-refractivity contribution < 1.29 is 14.2 Å². The standard InChI is InChI=1S/C15H15BrClNO3/c1-19-14-6-7-18-12(15(14)20-2)9-21-13-5-3-4-11(17)10(13)8-16/h3-7H,8-9H2,1-2H3. The van der Waals surface area contributed by atoms with Gasteiger partial charge in [0.15, 0.2) is 11.5 Å². The average molecular weight is 373 g/mol. The topological polar surface area (TPSA) is 40.6 Å². The van der Waals surface area contributed by atoms with Crippen molar-refractivity contribution >= 4 is 27.5 Å². The largest absolute Gasteiger partial charge is 0.493 e. The summed E-state index contributed by atoms with van der Waals surface area (Å²) in [7, 11) is 3.16. The quantitative estimate of drug-likeness (QED) is 0.712. The molecular weight excluding hydrogens is 358 g/mol. The predicted molar refractivity (Wildman–Crippen MR) is 85.8 cm³/mol. The molecule has 21 heavy (non-hydrogen) atoms. The number of pyridine rings is 1. The van der Waals surface area contributed by atoms with Gasteiger partial charge in [-0.1, -0.05) is 33.6 Å². The number of halogens is 2. The number of rotatable bonds is 6. The molecule has 6 heteroatoms. The Morgan fingerprint density at radius 3 is 2.62 bits per heavy atom. The maximum Gasteiger partial charge on any atom is 0.185 e. The smallest absolute Gasteiger partial charge is 0.185 e. The number of aromatic nitrogens is 1. The van der Waals surface area contributed by atoms with E-state index in [1.54, 1.807) is 26.5 Å². The minimum atomic E-state index is 0.265. The van der Waals surface area contributed by atoms with Gasteiger partial charge in [0.1, 0.15) is 18.1 Å². The van der Waals surface area contributed by atoms with Gasteiger partial charge >= 0.3 is 0 Å². The molecule has 0 unspecified atom stereocenters. The molecule has 0 spiro atoms. The van der Waals surface area contributed by atoms with E-state index in [-0.39, 0.29) is 6.61 Å². The Morgan fingerprint density at radius 2 is 1.95 bits per heavy atom. The van der Waals surface area contributed by atoms with Crippen molar-refractivity contribution in [3.8, 4) is 17.2 Å². The molecule has 112 valence electrons. The number of alkyl halides is 1. The molecule has 1 aromatic heterocycles. The second-order valence-electron chi connectivity index (χ2n) is 4.13. The van der Waals surface area contributed by atoms with Crippen molar-refractivity contribution in [2.24, 2.45) is 0 Å². The molecule has 0 amide bonds. The molecule has 1 heterocycles. The lowest BCUT2D eigenvalue weighted by molar-refractivity contribution is 0.283. The maximum absolute atomic E-state index is 6.15. The van der Waals surface area contributed by atoms with Crippen LogP contribution in [0.5, 0.6) is 17.2 Å². The summed E-state index contributed by atoms with van der Waals surface area (Å²) in [6, 6.07) is 7.29. The van der Waals surface area contributed by atoms with Gasteiger partial charge < -0.3 is 14.2 Å². The van der Waals surface area contributed by atoms with Crippen LogP contribution in [-0.2, 0) is 11.9 Å². The van der Waals surface area contributed by atoms with Gasteiger partial charge in [-0.3, -0.25) is 4.98 Å². The highest BCUT2D eigenvalue weighted by Crippen LogP contribution is 2.32. The van der Waals surface area contributed by atoms with E-state index in [2.05, 4.69) is 20.9 Å². The normalized spacial score (nSPS) is 10.3. The number of benzene rings is 1. The summed E-state index contributed by atoms with van der Waals surface area (Å²) in [4.78, 5) is 4.28. The van der Waals surface area contributed by atoms with Gasteiger partial charge in [-0.2, -0.15) is 0 Å². The Hall–Kier alpha value is -1.46. The van der Waals surface area contributed by atoms with Crippen molar-refractivity contribution in [2.45, 2.75) is 11.9 Å². The summed E-state index contributed by atoms with van der Waals surface area (Å²) < 4.78 is 16.4. The number of hydrogen-bond donors (Lipinski definition) is 0. The van der Waals surface area contributed by atoms with Crippen molar-refractivity contribution in [2.75, 3.05) is 14.2 Å². The summed E-state index contributed by atoms with van der Waals surface area (Å²) in [6.07, 6.45) is 1.66. The minimum absolute atomic E-state index is 0.265. The van der Waals surface area contributed by atoms with Crippen molar-refractivity contribution in [1.82, 2.24) is 4.98 Å². The highest BCUT2D eigenvalue weighted by atomic mass is 79.9. The zero-order chi connectivity index (χ0) is 15.2. The molecule has 0 N–H and O–H groups in total. The summed E-state index contributed by atoms with van der Waals surface area (Å²) >= 11 is 9.56. The number of nitrogens with zero attached hydrogens (tertiary/aromatic N) is 1. The van der Waals surface area contributed by atoms with Gasteiger partial charge in [-0.25, -0.2) is 0 Å². The van der Waals surface area contributed by atoms with Crippen LogP contribution in [0.2, 0.25) is 5.02 Å². The predicted octanol–water partition coefficient (Wildman–Crippen LogP) is 4.23. The molecular formula is C15H15BrClNO3. The van der Waals surface area contributed by atoms with Crippen molar-refractivity contribution in [1.29, 1.82) is 0 Å². The van der Waals surface area contributed by atoms with E-state index in [0.717, 1.165) is 5.56 Å². The zero-order valence-corrected chi connectivity index (χ0v) is 14.1. The van der Waals surface area contributed by atoms with E-state index < -0.39 is 0 Å². The molecule has 1 aromatic carbocycles. The van der Waals surface area contributed by atoms with Gasteiger partial charge in [0.2, 0.25) is 0 Å². The van der Waals surface area contributed by atoms with Gasteiger partial charge in [0.05, 0.1) is 14.2 Å². The molecule has 0 saturated carbocycles. The van der Waals surface area contributed by atoms with Crippen LogP contribution >= 0.6 is 27.5 Å². The van der Waals surface area contributed by atoms with Gasteiger partial charge in [-0.05, 0) is 12.1 Å². The summed E-state index contributed by atoms with van der Waals surface area (Å²) in [5.41, 5.74) is 1.57. The van der Waals surface area contributed by atoms with E-state index in [4.69, 9.17) is 25.8 Å². The van der Waals surface area contributed by atoms with E-state index in [1.807, 2.05) is 18.2 Å². The molecule has 0 aliphatic rings. The first-order chi connectivity index (χ1) is 10.2. The Kier molecular flexibility index (Phi) is 5.70. The van der Waals surface area contributed by atoms with Crippen LogP contribution in [0.4, 0.5) is 0 Å². The third-order valence-corrected chi connectivity index (χ3v) is 3.85. The Bertz CT molecular complexity index is 622. The molecule has 4 nitrogen and oxygen atoms in total. The number of methoxy groups -OCH3 is 2. The van der Waals surface area contributed by atoms with Crippen molar-refractivity contribution in [3.63, 3.8) is 0 Å². The lowest BCUT2D eigenvalue weighted by Crippen LogP contribution is -2.04. The van der Waals surface area contributed by atoms with E-state index in [9.17, 15) is 0 Å². The van der Waals surface area contributed by atoms with Crippen LogP contribution in [0, 0.1) is 0 Å². The lowest BCUT2D eigenvalue weighted by Gasteiger charge is -2.14. The highest BCUT2D eigenvalue weighted by Gasteiger charge is 2.13. The number of hydrogen-bond acceptors (Lipinski definition) is 4. The van der Waals surface area contributed by atoms with Crippen LogP contribution in [-0.4, -0.2) is 19.2 Å². The molecule has 2 rings (SSSR count). The molecule has 0 aliphatic heterocycles. The second-order valence-corrected chi connectivity index (χ2v) is 5.10. The molecule has 0 atom stereocenters. The van der Waals surface area contributed by atoms with Crippen LogP contribution in [0.25, 0.3) is 0 Å². The SMILES string of the molecule is COc1ccnc(COc2cccc(Cl)c2CBr)c1OC. The summed E-state index contributed by atoms with van der Waals surface area (Å²) in [5.74, 6) is 1.91. The van der Waals surface area contributed by atoms with Crippen molar-refractivity contribution in [3.05, 3.63) is 46.7 Å². The highest BCUT2D eigenvalue weighted by molar-refractivity contribution is 9.08. The fraction of sp³-hybridized carbons (Fsp3) is 0.267. The van der Waals surface area contributed by atoms with Crippen LogP contribution in [0.3, 0.4) is 0 Å². The molecule has 0 aliphatic carbocycles. The first-order valence-corrected chi connectivity index (χ1v) is 7.73. The Labute approximate surface area is 137 Å². The van der Waals surface area contributed by atoms with Gasteiger partial charge in [0.25, 0.3) is 0 Å². The lowest BCUT2D eigenvalue weighted by atomic mass is 10.2. The molecule has 0 bridgehead atoms. The second kappa shape index (κ2) is 7.52. The van der Waals surface area contributed by atoms with Crippen LogP contribution < -0.4 is 14.2 Å². The minimum Gasteiger partial charge on any atom is -0.493 e. The number of ether oxygens (including phenoxy) is 3. The Morgan fingerprint density at radius 1 is 1.14 bits per heavy atom. The molecule has 2 aromatic rings. The molecule has 0 saturated heterocycles. The van der Waals surface area contributed by atoms with E-state index in [1.165, 1.54) is 0 Å². The first kappa shape index (κ1) is 15.9. The fourth-order valence-corrected chi connectivity index (χ4v) is 2.88. The molecule has 0 fully saturated rings. The molecule has 0 radical (unpaired) electrons. The monoisotopic (exact) mass is 371 g/mol.